The number of benzene rings is 2. The molecule has 0 heterocycles. The van der Waals surface area contributed by atoms with E-state index in [9.17, 15) is 14.4 Å². The molecule has 6 nitrogen and oxygen atoms in total. The summed E-state index contributed by atoms with van der Waals surface area (Å²) in [5, 5.41) is 5.65. The lowest BCUT2D eigenvalue weighted by Crippen LogP contribution is -2.44. The van der Waals surface area contributed by atoms with E-state index in [2.05, 4.69) is 10.6 Å². The SMILES string of the molecule is CC(C)(C)OC(=O)[C@@H](NC(=O)[C@@H](NC(=O)CC1CC1)c1ccccc1)c1ccccc1. The minimum Gasteiger partial charge on any atom is -0.458 e. The standard InChI is InChI=1S/C25H30N2O4/c1-25(2,3)31-24(30)22(19-12-8-5-9-13-19)27-23(29)21(18-10-6-4-7-11-18)26-20(28)16-17-14-15-17/h4-13,17,21-22H,14-16H2,1-3H3,(H,26,28)(H,27,29)/t21-,22-/m0/s1. The van der Waals surface area contributed by atoms with Crippen LogP contribution in [0.15, 0.2) is 60.7 Å². The Morgan fingerprint density at radius 2 is 1.39 bits per heavy atom. The maximum Gasteiger partial charge on any atom is 0.333 e. The summed E-state index contributed by atoms with van der Waals surface area (Å²) in [5.41, 5.74) is 0.563. The van der Waals surface area contributed by atoms with Crippen LogP contribution in [0.1, 0.15) is 63.2 Å². The summed E-state index contributed by atoms with van der Waals surface area (Å²) in [6.07, 6.45) is 2.50. The molecule has 2 atom stereocenters. The van der Waals surface area contributed by atoms with E-state index in [1.807, 2.05) is 24.3 Å². The molecule has 0 radical (unpaired) electrons. The van der Waals surface area contributed by atoms with Gasteiger partial charge in [-0.25, -0.2) is 4.79 Å². The lowest BCUT2D eigenvalue weighted by molar-refractivity contribution is -0.159. The fraction of sp³-hybridized carbons (Fsp3) is 0.400. The Morgan fingerprint density at radius 3 is 1.87 bits per heavy atom. The Bertz CT molecular complexity index is 902. The second-order valence-corrected chi connectivity index (χ2v) is 8.94. The molecule has 2 N–H and O–H groups in total. The van der Waals surface area contributed by atoms with E-state index in [0.717, 1.165) is 12.8 Å². The number of ether oxygens (including phenoxy) is 1. The zero-order valence-electron chi connectivity index (χ0n) is 18.3. The molecule has 2 aromatic carbocycles. The monoisotopic (exact) mass is 422 g/mol. The average molecular weight is 423 g/mol. The van der Waals surface area contributed by atoms with Crippen LogP contribution in [-0.2, 0) is 19.1 Å². The first kappa shape index (κ1) is 22.5. The van der Waals surface area contributed by atoms with Gasteiger partial charge in [-0.2, -0.15) is 0 Å². The molecule has 0 aliphatic heterocycles. The summed E-state index contributed by atoms with van der Waals surface area (Å²) in [6.45, 7) is 5.33. The Hall–Kier alpha value is -3.15. The summed E-state index contributed by atoms with van der Waals surface area (Å²) in [6, 6.07) is 16.1. The molecule has 0 unspecified atom stereocenters. The van der Waals surface area contributed by atoms with Crippen LogP contribution >= 0.6 is 0 Å². The van der Waals surface area contributed by atoms with Gasteiger partial charge in [0.2, 0.25) is 11.8 Å². The Kier molecular flexibility index (Phi) is 7.10. The van der Waals surface area contributed by atoms with Crippen molar-refractivity contribution < 1.29 is 19.1 Å². The number of hydrogen-bond donors (Lipinski definition) is 2. The van der Waals surface area contributed by atoms with Crippen molar-refractivity contribution in [1.29, 1.82) is 0 Å². The first-order chi connectivity index (χ1) is 14.7. The smallest absolute Gasteiger partial charge is 0.333 e. The highest BCUT2D eigenvalue weighted by Crippen LogP contribution is 2.32. The van der Waals surface area contributed by atoms with Gasteiger partial charge in [0.05, 0.1) is 0 Å². The number of amides is 2. The Morgan fingerprint density at radius 1 is 0.871 bits per heavy atom. The first-order valence-corrected chi connectivity index (χ1v) is 10.7. The fourth-order valence-electron chi connectivity index (χ4n) is 3.26. The lowest BCUT2D eigenvalue weighted by Gasteiger charge is -2.26. The van der Waals surface area contributed by atoms with Crippen LogP contribution in [0.4, 0.5) is 0 Å². The number of hydrogen-bond acceptors (Lipinski definition) is 4. The lowest BCUT2D eigenvalue weighted by atomic mass is 10.0. The number of carbonyl (C=O) groups is 3. The minimum atomic E-state index is -0.987. The van der Waals surface area contributed by atoms with Gasteiger partial charge >= 0.3 is 5.97 Å². The van der Waals surface area contributed by atoms with Crippen molar-refractivity contribution in [3.05, 3.63) is 71.8 Å². The molecule has 1 aliphatic rings. The predicted octanol–water partition coefficient (Wildman–Crippen LogP) is 3.84. The second-order valence-electron chi connectivity index (χ2n) is 8.94. The number of rotatable bonds is 8. The van der Waals surface area contributed by atoms with Crippen molar-refractivity contribution in [3.63, 3.8) is 0 Å². The third-order valence-electron chi connectivity index (χ3n) is 4.93. The largest absolute Gasteiger partial charge is 0.458 e. The molecule has 2 amide bonds. The van der Waals surface area contributed by atoms with Gasteiger partial charge in [-0.1, -0.05) is 60.7 Å². The average Bonchev–Trinajstić information content (AvgIpc) is 3.54. The van der Waals surface area contributed by atoms with Gasteiger partial charge in [-0.3, -0.25) is 9.59 Å². The van der Waals surface area contributed by atoms with Crippen molar-refractivity contribution >= 4 is 17.8 Å². The van der Waals surface area contributed by atoms with E-state index in [0.29, 0.717) is 23.5 Å². The van der Waals surface area contributed by atoms with Crippen molar-refractivity contribution in [3.8, 4) is 0 Å². The highest BCUT2D eigenvalue weighted by Gasteiger charge is 2.32. The normalized spacial score (nSPS) is 15.5. The van der Waals surface area contributed by atoms with Gasteiger partial charge in [0.15, 0.2) is 6.04 Å². The van der Waals surface area contributed by atoms with Crippen LogP contribution in [-0.4, -0.2) is 23.4 Å². The van der Waals surface area contributed by atoms with Crippen LogP contribution in [0, 0.1) is 5.92 Å². The molecule has 1 aliphatic carbocycles. The molecule has 6 heteroatoms. The molecule has 3 rings (SSSR count). The van der Waals surface area contributed by atoms with Gasteiger partial charge in [0.25, 0.3) is 0 Å². The molecule has 0 bridgehead atoms. The number of esters is 1. The molecule has 1 fully saturated rings. The van der Waals surface area contributed by atoms with Crippen molar-refractivity contribution in [2.24, 2.45) is 5.92 Å². The summed E-state index contributed by atoms with van der Waals surface area (Å²) in [5.74, 6) is -0.781. The van der Waals surface area contributed by atoms with E-state index in [-0.39, 0.29) is 5.91 Å². The third kappa shape index (κ3) is 6.95. The highest BCUT2D eigenvalue weighted by molar-refractivity contribution is 5.92. The number of carbonyl (C=O) groups excluding carboxylic acids is 3. The summed E-state index contributed by atoms with van der Waals surface area (Å²) in [7, 11) is 0. The quantitative estimate of drug-likeness (QED) is 0.633. The summed E-state index contributed by atoms with van der Waals surface area (Å²) < 4.78 is 5.54. The molecule has 0 spiro atoms. The molecule has 164 valence electrons. The van der Waals surface area contributed by atoms with Crippen molar-refractivity contribution in [1.82, 2.24) is 10.6 Å². The van der Waals surface area contributed by atoms with Gasteiger partial charge in [0.1, 0.15) is 11.6 Å². The summed E-state index contributed by atoms with van der Waals surface area (Å²) >= 11 is 0. The van der Waals surface area contributed by atoms with E-state index in [1.165, 1.54) is 0 Å². The zero-order chi connectivity index (χ0) is 22.4. The fourth-order valence-corrected chi connectivity index (χ4v) is 3.26. The van der Waals surface area contributed by atoms with Crippen molar-refractivity contribution in [2.45, 2.75) is 57.7 Å². The molecule has 1 saturated carbocycles. The molecular formula is C25H30N2O4. The maximum absolute atomic E-state index is 13.3. The predicted molar refractivity (Wildman–Crippen MR) is 118 cm³/mol. The number of nitrogens with one attached hydrogen (secondary N) is 2. The second kappa shape index (κ2) is 9.77. The van der Waals surface area contributed by atoms with E-state index in [1.54, 1.807) is 57.2 Å². The van der Waals surface area contributed by atoms with Gasteiger partial charge in [-0.15, -0.1) is 0 Å². The van der Waals surface area contributed by atoms with Gasteiger partial charge in [0, 0.05) is 6.42 Å². The third-order valence-corrected chi connectivity index (χ3v) is 4.93. The molecule has 31 heavy (non-hydrogen) atoms. The topological polar surface area (TPSA) is 84.5 Å². The molecule has 2 aromatic rings. The van der Waals surface area contributed by atoms with Crippen LogP contribution < -0.4 is 10.6 Å². The molecule has 0 aromatic heterocycles. The highest BCUT2D eigenvalue weighted by atomic mass is 16.6. The zero-order valence-corrected chi connectivity index (χ0v) is 18.3. The van der Waals surface area contributed by atoms with Crippen LogP contribution in [0.2, 0.25) is 0 Å². The van der Waals surface area contributed by atoms with Crippen LogP contribution in [0.25, 0.3) is 0 Å². The minimum absolute atomic E-state index is 0.167. The van der Waals surface area contributed by atoms with Gasteiger partial charge in [-0.05, 0) is 50.7 Å². The Labute approximate surface area is 183 Å². The Balaban J connectivity index is 1.83. The summed E-state index contributed by atoms with van der Waals surface area (Å²) in [4.78, 5) is 38.7. The maximum atomic E-state index is 13.3. The van der Waals surface area contributed by atoms with E-state index < -0.39 is 29.6 Å². The molecular weight excluding hydrogens is 392 g/mol. The van der Waals surface area contributed by atoms with E-state index in [4.69, 9.17) is 4.74 Å². The molecule has 0 saturated heterocycles. The first-order valence-electron chi connectivity index (χ1n) is 10.7. The van der Waals surface area contributed by atoms with E-state index >= 15 is 0 Å². The van der Waals surface area contributed by atoms with Crippen LogP contribution in [0.3, 0.4) is 0 Å². The van der Waals surface area contributed by atoms with Crippen molar-refractivity contribution in [2.75, 3.05) is 0 Å². The van der Waals surface area contributed by atoms with Gasteiger partial charge < -0.3 is 15.4 Å². The van der Waals surface area contributed by atoms with Crippen LogP contribution in [0.5, 0.6) is 0 Å².